The molecule has 4 nitrogen and oxygen atoms in total. The van der Waals surface area contributed by atoms with Crippen LogP contribution in [0.1, 0.15) is 35.8 Å². The first-order valence-corrected chi connectivity index (χ1v) is 7.12. The predicted molar refractivity (Wildman–Crippen MR) is 74.0 cm³/mol. The van der Waals surface area contributed by atoms with E-state index in [1.165, 1.54) is 36.5 Å². The van der Waals surface area contributed by atoms with Gasteiger partial charge in [-0.1, -0.05) is 0 Å². The largest absolute Gasteiger partial charge is 0.469 e. The molecule has 0 unspecified atom stereocenters. The van der Waals surface area contributed by atoms with Gasteiger partial charge in [0, 0.05) is 31.6 Å². The molecule has 0 amide bonds. The number of hydrogen-bond acceptors (Lipinski definition) is 3. The van der Waals surface area contributed by atoms with Crippen LogP contribution >= 0.6 is 0 Å². The Morgan fingerprint density at radius 3 is 3.11 bits per heavy atom. The lowest BCUT2D eigenvalue weighted by Gasteiger charge is -2.17. The molecule has 102 valence electrons. The maximum atomic E-state index is 5.40. The summed E-state index contributed by atoms with van der Waals surface area (Å²) < 4.78 is 7.83. The van der Waals surface area contributed by atoms with Gasteiger partial charge in [-0.3, -0.25) is 0 Å². The summed E-state index contributed by atoms with van der Waals surface area (Å²) in [6.07, 6.45) is 7.37. The van der Waals surface area contributed by atoms with Crippen molar-refractivity contribution in [2.75, 3.05) is 7.05 Å². The van der Waals surface area contributed by atoms with Gasteiger partial charge in [0.1, 0.15) is 11.6 Å². The minimum atomic E-state index is 0.871. The van der Waals surface area contributed by atoms with Crippen molar-refractivity contribution in [1.82, 2.24) is 14.9 Å². The Kier molecular flexibility index (Phi) is 3.69. The number of imidazole rings is 1. The van der Waals surface area contributed by atoms with Gasteiger partial charge in [0.2, 0.25) is 0 Å². The number of aryl methyl sites for hydroxylation is 2. The normalized spacial score (nSPS) is 14.6. The van der Waals surface area contributed by atoms with E-state index in [2.05, 4.69) is 9.88 Å². The number of nitrogens with zero attached hydrogens (tertiary/aromatic N) is 2. The topological polar surface area (TPSA) is 43.0 Å². The van der Waals surface area contributed by atoms with E-state index < -0.39 is 0 Å². The highest BCUT2D eigenvalue weighted by Gasteiger charge is 2.19. The smallest absolute Gasteiger partial charge is 0.109 e. The van der Waals surface area contributed by atoms with Crippen LogP contribution < -0.4 is 5.32 Å². The predicted octanol–water partition coefficient (Wildman–Crippen LogP) is 2.32. The van der Waals surface area contributed by atoms with Crippen LogP contribution in [-0.4, -0.2) is 16.6 Å². The molecule has 1 N–H and O–H groups in total. The highest BCUT2D eigenvalue weighted by molar-refractivity contribution is 5.20. The summed E-state index contributed by atoms with van der Waals surface area (Å²) in [5.74, 6) is 2.26. The molecule has 0 saturated carbocycles. The highest BCUT2D eigenvalue weighted by Crippen LogP contribution is 2.22. The molecule has 3 heterocycles. The molecule has 4 heteroatoms. The zero-order chi connectivity index (χ0) is 13.1. The maximum Gasteiger partial charge on any atom is 0.109 e. The summed E-state index contributed by atoms with van der Waals surface area (Å²) >= 11 is 0. The Balaban J connectivity index is 1.80. The third-order valence-electron chi connectivity index (χ3n) is 3.80. The molecule has 0 radical (unpaired) electrons. The van der Waals surface area contributed by atoms with Crippen molar-refractivity contribution in [2.45, 2.75) is 45.2 Å². The van der Waals surface area contributed by atoms with Crippen LogP contribution in [0.15, 0.2) is 22.8 Å². The number of aromatic nitrogens is 2. The molecule has 1 aliphatic heterocycles. The molecule has 3 rings (SSSR count). The van der Waals surface area contributed by atoms with E-state index in [-0.39, 0.29) is 0 Å². The Labute approximate surface area is 113 Å². The summed E-state index contributed by atoms with van der Waals surface area (Å²) in [5.41, 5.74) is 2.67. The number of nitrogens with one attached hydrogen (secondary N) is 1. The average molecular weight is 259 g/mol. The second kappa shape index (κ2) is 5.61. The van der Waals surface area contributed by atoms with Crippen LogP contribution in [-0.2, 0) is 32.4 Å². The van der Waals surface area contributed by atoms with E-state index in [0.717, 1.165) is 31.7 Å². The van der Waals surface area contributed by atoms with Crippen LogP contribution in [0.5, 0.6) is 0 Å². The Bertz CT molecular complexity index is 528. The molecule has 0 saturated heterocycles. The summed E-state index contributed by atoms with van der Waals surface area (Å²) in [7, 11) is 1.98. The van der Waals surface area contributed by atoms with E-state index in [4.69, 9.17) is 9.40 Å². The van der Waals surface area contributed by atoms with Gasteiger partial charge in [-0.2, -0.15) is 0 Å². The standard InChI is InChI=1S/C15H21N3O/c1-16-11-13-14-6-2-3-9-18(14)15(17-13)8-7-12-5-4-10-19-12/h4-5,10,16H,2-3,6-9,11H2,1H3. The van der Waals surface area contributed by atoms with E-state index in [9.17, 15) is 0 Å². The van der Waals surface area contributed by atoms with E-state index in [1.807, 2.05) is 19.2 Å². The van der Waals surface area contributed by atoms with Crippen molar-refractivity contribution in [3.8, 4) is 0 Å². The van der Waals surface area contributed by atoms with E-state index in [0.29, 0.717) is 0 Å². The first-order chi connectivity index (χ1) is 9.38. The van der Waals surface area contributed by atoms with Crippen LogP contribution in [0, 0.1) is 0 Å². The number of hydrogen-bond donors (Lipinski definition) is 1. The van der Waals surface area contributed by atoms with Crippen molar-refractivity contribution in [1.29, 1.82) is 0 Å². The van der Waals surface area contributed by atoms with E-state index >= 15 is 0 Å². The molecule has 2 aromatic heterocycles. The Morgan fingerprint density at radius 2 is 2.32 bits per heavy atom. The van der Waals surface area contributed by atoms with Gasteiger partial charge in [0.25, 0.3) is 0 Å². The van der Waals surface area contributed by atoms with Gasteiger partial charge in [-0.25, -0.2) is 4.98 Å². The summed E-state index contributed by atoms with van der Waals surface area (Å²) in [5, 5.41) is 3.22. The summed E-state index contributed by atoms with van der Waals surface area (Å²) in [6, 6.07) is 3.98. The molecule has 2 aromatic rings. The van der Waals surface area contributed by atoms with Crippen molar-refractivity contribution in [3.63, 3.8) is 0 Å². The highest BCUT2D eigenvalue weighted by atomic mass is 16.3. The van der Waals surface area contributed by atoms with Gasteiger partial charge < -0.3 is 14.3 Å². The quantitative estimate of drug-likeness (QED) is 0.896. The summed E-state index contributed by atoms with van der Waals surface area (Å²) in [6.45, 7) is 2.00. The fraction of sp³-hybridized carbons (Fsp3) is 0.533. The molecule has 0 spiro atoms. The lowest BCUT2D eigenvalue weighted by molar-refractivity contribution is 0.488. The fourth-order valence-electron chi connectivity index (χ4n) is 2.89. The lowest BCUT2D eigenvalue weighted by atomic mass is 10.1. The molecular weight excluding hydrogens is 238 g/mol. The fourth-order valence-corrected chi connectivity index (χ4v) is 2.89. The average Bonchev–Trinajstić information content (AvgIpc) is 3.06. The molecule has 0 aromatic carbocycles. The number of furan rings is 1. The van der Waals surface area contributed by atoms with Gasteiger partial charge in [-0.15, -0.1) is 0 Å². The van der Waals surface area contributed by atoms with Crippen LogP contribution in [0.25, 0.3) is 0 Å². The van der Waals surface area contributed by atoms with Crippen molar-refractivity contribution in [2.24, 2.45) is 0 Å². The second-order valence-corrected chi connectivity index (χ2v) is 5.14. The maximum absolute atomic E-state index is 5.40. The third kappa shape index (κ3) is 2.59. The van der Waals surface area contributed by atoms with Gasteiger partial charge in [0.15, 0.2) is 0 Å². The first-order valence-electron chi connectivity index (χ1n) is 7.12. The number of rotatable bonds is 5. The van der Waals surface area contributed by atoms with Crippen LogP contribution in [0.3, 0.4) is 0 Å². The van der Waals surface area contributed by atoms with Gasteiger partial charge in [-0.05, 0) is 38.4 Å². The second-order valence-electron chi connectivity index (χ2n) is 5.14. The molecule has 0 atom stereocenters. The van der Waals surface area contributed by atoms with Crippen LogP contribution in [0.4, 0.5) is 0 Å². The lowest BCUT2D eigenvalue weighted by Crippen LogP contribution is -2.15. The third-order valence-corrected chi connectivity index (χ3v) is 3.80. The minimum Gasteiger partial charge on any atom is -0.469 e. The van der Waals surface area contributed by atoms with Gasteiger partial charge in [0.05, 0.1) is 12.0 Å². The van der Waals surface area contributed by atoms with Crippen molar-refractivity contribution in [3.05, 3.63) is 41.4 Å². The van der Waals surface area contributed by atoms with Crippen molar-refractivity contribution >= 4 is 0 Å². The first kappa shape index (κ1) is 12.5. The zero-order valence-corrected chi connectivity index (χ0v) is 11.5. The zero-order valence-electron chi connectivity index (χ0n) is 11.5. The van der Waals surface area contributed by atoms with Crippen molar-refractivity contribution < 1.29 is 4.42 Å². The molecular formula is C15H21N3O. The SMILES string of the molecule is CNCc1nc(CCc2ccco2)n2c1CCCC2. The monoisotopic (exact) mass is 259 g/mol. The summed E-state index contributed by atoms with van der Waals surface area (Å²) in [4.78, 5) is 4.84. The number of fused-ring (bicyclic) bond motifs is 1. The Hall–Kier alpha value is -1.55. The molecule has 0 aliphatic carbocycles. The molecule has 1 aliphatic rings. The van der Waals surface area contributed by atoms with E-state index in [1.54, 1.807) is 6.26 Å². The molecule has 0 fully saturated rings. The van der Waals surface area contributed by atoms with Crippen LogP contribution in [0.2, 0.25) is 0 Å². The molecule has 0 bridgehead atoms. The minimum absolute atomic E-state index is 0.871. The van der Waals surface area contributed by atoms with Gasteiger partial charge >= 0.3 is 0 Å². The Morgan fingerprint density at radius 1 is 1.37 bits per heavy atom. The molecule has 19 heavy (non-hydrogen) atoms.